The third-order valence-corrected chi connectivity index (χ3v) is 3.04. The first kappa shape index (κ1) is 11.6. The van der Waals surface area contributed by atoms with E-state index in [9.17, 15) is 14.7 Å². The zero-order chi connectivity index (χ0) is 12.5. The molecule has 92 valence electrons. The van der Waals surface area contributed by atoms with E-state index in [0.717, 1.165) is 0 Å². The Hall–Kier alpha value is -1.89. The van der Waals surface area contributed by atoms with E-state index in [4.69, 9.17) is 10.5 Å². The molecule has 0 atom stereocenters. The van der Waals surface area contributed by atoms with E-state index < -0.39 is 17.1 Å². The van der Waals surface area contributed by atoms with Gasteiger partial charge in [0.1, 0.15) is 11.2 Å². The molecule has 0 amide bonds. The van der Waals surface area contributed by atoms with Crippen LogP contribution in [0, 0.1) is 0 Å². The van der Waals surface area contributed by atoms with Crippen molar-refractivity contribution in [2.24, 2.45) is 0 Å². The van der Waals surface area contributed by atoms with Crippen molar-refractivity contribution < 1.29 is 14.6 Å². The van der Waals surface area contributed by atoms with Crippen molar-refractivity contribution in [3.63, 3.8) is 0 Å². The van der Waals surface area contributed by atoms with Crippen LogP contribution in [0.25, 0.3) is 0 Å². The molecule has 0 radical (unpaired) electrons. The van der Waals surface area contributed by atoms with Crippen LogP contribution < -0.4 is 11.4 Å². The molecule has 1 aromatic heterocycles. The van der Waals surface area contributed by atoms with Crippen LogP contribution in [-0.4, -0.2) is 34.3 Å². The van der Waals surface area contributed by atoms with E-state index in [1.807, 2.05) is 0 Å². The van der Waals surface area contributed by atoms with Gasteiger partial charge in [-0.3, -0.25) is 4.79 Å². The number of nitrogen functional groups attached to an aromatic ring is 1. The highest BCUT2D eigenvalue weighted by Crippen LogP contribution is 2.33. The van der Waals surface area contributed by atoms with Gasteiger partial charge >= 0.3 is 11.7 Å². The number of nitrogens with zero attached hydrogens (tertiary/aromatic N) is 1. The molecule has 0 saturated carbocycles. The van der Waals surface area contributed by atoms with E-state index >= 15 is 0 Å². The van der Waals surface area contributed by atoms with Crippen molar-refractivity contribution in [1.82, 2.24) is 9.97 Å². The first-order valence-corrected chi connectivity index (χ1v) is 5.23. The van der Waals surface area contributed by atoms with E-state index in [-0.39, 0.29) is 5.82 Å². The number of aromatic nitrogens is 2. The minimum Gasteiger partial charge on any atom is -0.481 e. The van der Waals surface area contributed by atoms with Crippen molar-refractivity contribution >= 4 is 11.8 Å². The molecule has 4 N–H and O–H groups in total. The van der Waals surface area contributed by atoms with Gasteiger partial charge in [0.2, 0.25) is 0 Å². The van der Waals surface area contributed by atoms with Crippen molar-refractivity contribution in [2.45, 2.75) is 18.3 Å². The Bertz CT molecular complexity index is 491. The number of H-pyrrole nitrogens is 1. The third-order valence-electron chi connectivity index (χ3n) is 3.04. The van der Waals surface area contributed by atoms with Crippen molar-refractivity contribution in [3.05, 3.63) is 22.2 Å². The highest BCUT2D eigenvalue weighted by atomic mass is 16.5. The summed E-state index contributed by atoms with van der Waals surface area (Å²) in [5.41, 5.74) is 4.00. The molecule has 0 bridgehead atoms. The maximum Gasteiger partial charge on any atom is 0.347 e. The summed E-state index contributed by atoms with van der Waals surface area (Å²) in [7, 11) is 0. The third kappa shape index (κ3) is 2.01. The minimum absolute atomic E-state index is 0.0240. The number of carboxylic acids is 1. The fourth-order valence-corrected chi connectivity index (χ4v) is 2.05. The monoisotopic (exact) mass is 239 g/mol. The quantitative estimate of drug-likeness (QED) is 0.639. The summed E-state index contributed by atoms with van der Waals surface area (Å²) >= 11 is 0. The fourth-order valence-electron chi connectivity index (χ4n) is 2.05. The zero-order valence-corrected chi connectivity index (χ0v) is 9.10. The molecule has 0 aromatic carbocycles. The number of carbonyl (C=O) groups is 1. The van der Waals surface area contributed by atoms with Crippen LogP contribution in [0.1, 0.15) is 18.5 Å². The molecule has 2 rings (SSSR count). The first-order valence-electron chi connectivity index (χ1n) is 5.23. The summed E-state index contributed by atoms with van der Waals surface area (Å²) in [6.45, 7) is 0.688. The Kier molecular flexibility index (Phi) is 2.84. The molecule has 1 aliphatic heterocycles. The Morgan fingerprint density at radius 1 is 1.53 bits per heavy atom. The second-order valence-corrected chi connectivity index (χ2v) is 4.02. The summed E-state index contributed by atoms with van der Waals surface area (Å²) in [5.74, 6) is -0.960. The number of aliphatic carboxylic acids is 1. The Morgan fingerprint density at radius 2 is 2.18 bits per heavy atom. The van der Waals surface area contributed by atoms with Gasteiger partial charge in [0.25, 0.3) is 0 Å². The van der Waals surface area contributed by atoms with E-state index in [0.29, 0.717) is 31.7 Å². The van der Waals surface area contributed by atoms with Gasteiger partial charge in [0, 0.05) is 25.0 Å². The van der Waals surface area contributed by atoms with Crippen LogP contribution in [0.5, 0.6) is 0 Å². The zero-order valence-electron chi connectivity index (χ0n) is 9.10. The van der Waals surface area contributed by atoms with Gasteiger partial charge in [-0.1, -0.05) is 0 Å². The summed E-state index contributed by atoms with van der Waals surface area (Å²) < 4.78 is 5.15. The van der Waals surface area contributed by atoms with Crippen molar-refractivity contribution in [1.29, 1.82) is 0 Å². The second kappa shape index (κ2) is 4.17. The lowest BCUT2D eigenvalue weighted by Crippen LogP contribution is -2.43. The number of nitrogens with one attached hydrogen (secondary N) is 1. The number of ether oxygens (including phenoxy) is 1. The smallest absolute Gasteiger partial charge is 0.347 e. The number of nitrogens with two attached hydrogens (primary N) is 1. The maximum atomic E-state index is 11.5. The fraction of sp³-hybridized carbons (Fsp3) is 0.500. The van der Waals surface area contributed by atoms with Crippen LogP contribution >= 0.6 is 0 Å². The van der Waals surface area contributed by atoms with Crippen LogP contribution in [-0.2, 0) is 14.9 Å². The van der Waals surface area contributed by atoms with E-state index in [1.165, 1.54) is 6.07 Å². The largest absolute Gasteiger partial charge is 0.481 e. The SMILES string of the molecule is Nc1cc(C2(C(=O)O)CCOCC2)[nH]c(=O)n1. The molecule has 7 nitrogen and oxygen atoms in total. The van der Waals surface area contributed by atoms with E-state index in [1.54, 1.807) is 0 Å². The van der Waals surface area contributed by atoms with Crippen molar-refractivity contribution in [3.8, 4) is 0 Å². The van der Waals surface area contributed by atoms with Gasteiger partial charge in [-0.05, 0) is 12.8 Å². The molecule has 0 unspecified atom stereocenters. The standard InChI is InChI=1S/C10H13N3O4/c11-7-5-6(12-9(16)13-7)10(8(14)15)1-3-17-4-2-10/h5H,1-4H2,(H,14,15)(H3,11,12,13,16). The highest BCUT2D eigenvalue weighted by Gasteiger charge is 2.43. The summed E-state index contributed by atoms with van der Waals surface area (Å²) in [5, 5.41) is 9.39. The molecule has 1 aliphatic rings. The number of hydrogen-bond acceptors (Lipinski definition) is 5. The lowest BCUT2D eigenvalue weighted by molar-refractivity contribution is -0.148. The molecule has 0 aliphatic carbocycles. The highest BCUT2D eigenvalue weighted by molar-refractivity contribution is 5.81. The van der Waals surface area contributed by atoms with Crippen LogP contribution in [0.15, 0.2) is 10.9 Å². The molecule has 2 heterocycles. The maximum absolute atomic E-state index is 11.5. The summed E-state index contributed by atoms with van der Waals surface area (Å²) in [4.78, 5) is 28.6. The summed E-state index contributed by atoms with van der Waals surface area (Å²) in [6.07, 6.45) is 0.615. The molecule has 1 saturated heterocycles. The summed E-state index contributed by atoms with van der Waals surface area (Å²) in [6, 6.07) is 1.40. The predicted molar refractivity (Wildman–Crippen MR) is 58.6 cm³/mol. The Balaban J connectivity index is 2.52. The molecular formula is C10H13N3O4. The van der Waals surface area contributed by atoms with Gasteiger partial charge in [-0.2, -0.15) is 4.98 Å². The van der Waals surface area contributed by atoms with Gasteiger partial charge in [0.05, 0.1) is 0 Å². The first-order chi connectivity index (χ1) is 8.04. The number of anilines is 1. The van der Waals surface area contributed by atoms with E-state index in [2.05, 4.69) is 9.97 Å². The molecule has 1 fully saturated rings. The molecule has 1 aromatic rings. The van der Waals surface area contributed by atoms with Crippen molar-refractivity contribution in [2.75, 3.05) is 18.9 Å². The normalized spacial score (nSPS) is 18.8. The van der Waals surface area contributed by atoms with Crippen LogP contribution in [0.3, 0.4) is 0 Å². The van der Waals surface area contributed by atoms with Gasteiger partial charge in [-0.15, -0.1) is 0 Å². The Labute approximate surface area is 96.6 Å². The molecule has 0 spiro atoms. The average Bonchev–Trinajstić information content (AvgIpc) is 2.28. The topological polar surface area (TPSA) is 118 Å². The molecule has 7 heteroatoms. The van der Waals surface area contributed by atoms with Gasteiger partial charge in [-0.25, -0.2) is 4.79 Å². The number of carboxylic acid groups (broad SMARTS) is 1. The second-order valence-electron chi connectivity index (χ2n) is 4.02. The minimum atomic E-state index is -1.13. The number of aromatic amines is 1. The predicted octanol–water partition coefficient (Wildman–Crippen LogP) is -0.515. The average molecular weight is 239 g/mol. The molecular weight excluding hydrogens is 226 g/mol. The van der Waals surface area contributed by atoms with Gasteiger partial charge in [0.15, 0.2) is 0 Å². The van der Waals surface area contributed by atoms with Crippen LogP contribution in [0.4, 0.5) is 5.82 Å². The lowest BCUT2D eigenvalue weighted by Gasteiger charge is -2.32. The van der Waals surface area contributed by atoms with Gasteiger partial charge < -0.3 is 20.6 Å². The van der Waals surface area contributed by atoms with Crippen LogP contribution in [0.2, 0.25) is 0 Å². The number of hydrogen-bond donors (Lipinski definition) is 3. The lowest BCUT2D eigenvalue weighted by atomic mass is 9.77. The molecule has 17 heavy (non-hydrogen) atoms. The Morgan fingerprint density at radius 3 is 2.71 bits per heavy atom. The number of rotatable bonds is 2.